The van der Waals surface area contributed by atoms with Crippen molar-refractivity contribution in [1.82, 2.24) is 4.90 Å². The van der Waals surface area contributed by atoms with E-state index in [9.17, 15) is 9.59 Å². The van der Waals surface area contributed by atoms with Crippen molar-refractivity contribution in [2.45, 2.75) is 0 Å². The number of aromatic carboxylic acids is 1. The Balaban J connectivity index is 1.51. The first-order valence-electron chi connectivity index (χ1n) is 8.69. The van der Waals surface area contributed by atoms with E-state index in [4.69, 9.17) is 21.1 Å². The number of rotatable bonds is 3. The van der Waals surface area contributed by atoms with E-state index < -0.39 is 5.97 Å². The topological polar surface area (TPSA) is 74.0 Å². The molecule has 144 valence electrons. The Kier molecular flexibility index (Phi) is 5.03. The zero-order valence-electron chi connectivity index (χ0n) is 14.7. The smallest absolute Gasteiger partial charge is 0.371 e. The minimum Gasteiger partial charge on any atom is -0.475 e. The van der Waals surface area contributed by atoms with Gasteiger partial charge in [0.2, 0.25) is 5.76 Å². The third-order valence-electron chi connectivity index (χ3n) is 4.80. The monoisotopic (exact) mass is 462 g/mol. The summed E-state index contributed by atoms with van der Waals surface area (Å²) in [6.07, 6.45) is 0. The SMILES string of the molecule is O=C(O)c1cc2c(Br)c(N3CCN(C(=O)c4cccc(Cl)c4)CC3)ccc2o1. The Morgan fingerprint density at radius 2 is 1.82 bits per heavy atom. The Morgan fingerprint density at radius 1 is 1.07 bits per heavy atom. The number of carbonyl (C=O) groups excluding carboxylic acids is 1. The van der Waals surface area contributed by atoms with Crippen molar-refractivity contribution in [1.29, 1.82) is 0 Å². The Hall–Kier alpha value is -2.51. The summed E-state index contributed by atoms with van der Waals surface area (Å²) < 4.78 is 6.14. The second kappa shape index (κ2) is 7.48. The number of halogens is 2. The van der Waals surface area contributed by atoms with Crippen LogP contribution < -0.4 is 4.90 Å². The lowest BCUT2D eigenvalue weighted by molar-refractivity contribution is 0.0664. The molecular formula is C20H16BrClN2O4. The lowest BCUT2D eigenvalue weighted by Gasteiger charge is -2.36. The first kappa shape index (κ1) is 18.8. The van der Waals surface area contributed by atoms with Crippen molar-refractivity contribution in [3.8, 4) is 0 Å². The number of piperazine rings is 1. The van der Waals surface area contributed by atoms with Gasteiger partial charge in [-0.15, -0.1) is 0 Å². The van der Waals surface area contributed by atoms with Crippen molar-refractivity contribution in [2.75, 3.05) is 31.1 Å². The molecule has 4 rings (SSSR count). The van der Waals surface area contributed by atoms with Crippen LogP contribution >= 0.6 is 27.5 Å². The summed E-state index contributed by atoms with van der Waals surface area (Å²) in [6, 6.07) is 12.2. The molecule has 0 radical (unpaired) electrons. The average Bonchev–Trinajstić information content (AvgIpc) is 3.14. The van der Waals surface area contributed by atoms with Crippen LogP contribution in [0.2, 0.25) is 5.02 Å². The van der Waals surface area contributed by atoms with Crippen molar-refractivity contribution < 1.29 is 19.1 Å². The number of fused-ring (bicyclic) bond motifs is 1. The summed E-state index contributed by atoms with van der Waals surface area (Å²) in [5, 5.41) is 10.4. The number of carboxylic acids is 1. The van der Waals surface area contributed by atoms with Gasteiger partial charge in [0.15, 0.2) is 0 Å². The van der Waals surface area contributed by atoms with Gasteiger partial charge >= 0.3 is 5.97 Å². The molecule has 0 bridgehead atoms. The number of anilines is 1. The number of hydrogen-bond acceptors (Lipinski definition) is 4. The summed E-state index contributed by atoms with van der Waals surface area (Å²) in [5.41, 5.74) is 2.05. The molecule has 1 amide bonds. The quantitative estimate of drug-likeness (QED) is 0.619. The number of amides is 1. The zero-order chi connectivity index (χ0) is 19.8. The van der Waals surface area contributed by atoms with Crippen LogP contribution in [-0.2, 0) is 0 Å². The molecule has 1 aliphatic rings. The second-order valence-electron chi connectivity index (χ2n) is 6.52. The summed E-state index contributed by atoms with van der Waals surface area (Å²) in [6.45, 7) is 2.50. The first-order valence-corrected chi connectivity index (χ1v) is 9.86. The van der Waals surface area contributed by atoms with Gasteiger partial charge in [0.25, 0.3) is 5.91 Å². The summed E-state index contributed by atoms with van der Waals surface area (Å²) in [7, 11) is 0. The second-order valence-corrected chi connectivity index (χ2v) is 7.75. The highest BCUT2D eigenvalue weighted by molar-refractivity contribution is 9.10. The molecule has 28 heavy (non-hydrogen) atoms. The molecule has 2 aromatic carbocycles. The molecule has 0 spiro atoms. The molecule has 0 unspecified atom stereocenters. The molecule has 2 heterocycles. The van der Waals surface area contributed by atoms with Gasteiger partial charge in [-0.05, 0) is 46.3 Å². The molecule has 0 atom stereocenters. The van der Waals surface area contributed by atoms with Crippen LogP contribution in [0.4, 0.5) is 5.69 Å². The lowest BCUT2D eigenvalue weighted by Crippen LogP contribution is -2.48. The van der Waals surface area contributed by atoms with Crippen LogP contribution in [0.15, 0.2) is 51.4 Å². The number of carboxylic acid groups (broad SMARTS) is 1. The summed E-state index contributed by atoms with van der Waals surface area (Å²) in [4.78, 5) is 27.8. The van der Waals surface area contributed by atoms with Crippen LogP contribution in [0, 0.1) is 0 Å². The first-order chi connectivity index (χ1) is 13.4. The van der Waals surface area contributed by atoms with E-state index in [1.165, 1.54) is 6.07 Å². The molecule has 1 saturated heterocycles. The number of nitrogens with zero attached hydrogens (tertiary/aromatic N) is 2. The van der Waals surface area contributed by atoms with E-state index in [-0.39, 0.29) is 11.7 Å². The van der Waals surface area contributed by atoms with Gasteiger partial charge in [0, 0.05) is 48.2 Å². The van der Waals surface area contributed by atoms with Crippen LogP contribution in [0.1, 0.15) is 20.9 Å². The van der Waals surface area contributed by atoms with Gasteiger partial charge in [-0.2, -0.15) is 0 Å². The van der Waals surface area contributed by atoms with E-state index in [1.807, 2.05) is 11.0 Å². The minimum absolute atomic E-state index is 0.0300. The Morgan fingerprint density at radius 3 is 2.50 bits per heavy atom. The minimum atomic E-state index is -1.10. The predicted molar refractivity (Wildman–Crippen MR) is 110 cm³/mol. The molecule has 8 heteroatoms. The fourth-order valence-corrected chi connectivity index (χ4v) is 4.25. The molecule has 0 saturated carbocycles. The summed E-state index contributed by atoms with van der Waals surface area (Å²) >= 11 is 9.57. The van der Waals surface area contributed by atoms with Gasteiger partial charge < -0.3 is 19.3 Å². The molecule has 1 aromatic heterocycles. The van der Waals surface area contributed by atoms with Gasteiger partial charge in [-0.1, -0.05) is 17.7 Å². The van der Waals surface area contributed by atoms with Crippen LogP contribution in [0.5, 0.6) is 0 Å². The van der Waals surface area contributed by atoms with E-state index in [0.717, 1.165) is 10.2 Å². The molecule has 0 aliphatic carbocycles. The van der Waals surface area contributed by atoms with Crippen LogP contribution in [-0.4, -0.2) is 48.1 Å². The molecule has 3 aromatic rings. The standard InChI is InChI=1S/C20H16BrClN2O4/c21-18-14-11-17(20(26)27)28-16(14)5-4-15(18)23-6-8-24(9-7-23)19(25)12-2-1-3-13(22)10-12/h1-5,10-11H,6-9H2,(H,26,27). The predicted octanol–water partition coefficient (Wildman–Crippen LogP) is 4.51. The highest BCUT2D eigenvalue weighted by Gasteiger charge is 2.24. The largest absolute Gasteiger partial charge is 0.475 e. The highest BCUT2D eigenvalue weighted by Crippen LogP contribution is 2.36. The van der Waals surface area contributed by atoms with E-state index in [1.54, 1.807) is 30.3 Å². The Bertz CT molecular complexity index is 1070. The fourth-order valence-electron chi connectivity index (χ4n) is 3.37. The van der Waals surface area contributed by atoms with Gasteiger partial charge in [0.05, 0.1) is 10.2 Å². The zero-order valence-corrected chi connectivity index (χ0v) is 17.0. The van der Waals surface area contributed by atoms with Gasteiger partial charge in [-0.3, -0.25) is 4.79 Å². The van der Waals surface area contributed by atoms with E-state index in [0.29, 0.717) is 47.7 Å². The molecule has 1 fully saturated rings. The number of hydrogen-bond donors (Lipinski definition) is 1. The molecular weight excluding hydrogens is 448 g/mol. The Labute approximate surface area is 174 Å². The normalized spacial score (nSPS) is 14.5. The van der Waals surface area contributed by atoms with Crippen molar-refractivity contribution in [3.05, 3.63) is 63.3 Å². The number of benzene rings is 2. The maximum absolute atomic E-state index is 12.7. The number of carbonyl (C=O) groups is 2. The van der Waals surface area contributed by atoms with Crippen molar-refractivity contribution in [2.24, 2.45) is 0 Å². The molecule has 1 aliphatic heterocycles. The van der Waals surface area contributed by atoms with Crippen molar-refractivity contribution >= 4 is 56.1 Å². The third-order valence-corrected chi connectivity index (χ3v) is 5.87. The average molecular weight is 464 g/mol. The maximum Gasteiger partial charge on any atom is 0.371 e. The number of furan rings is 1. The molecule has 6 nitrogen and oxygen atoms in total. The highest BCUT2D eigenvalue weighted by atomic mass is 79.9. The van der Waals surface area contributed by atoms with Crippen LogP contribution in [0.25, 0.3) is 11.0 Å². The maximum atomic E-state index is 12.7. The van der Waals surface area contributed by atoms with E-state index in [2.05, 4.69) is 20.8 Å². The van der Waals surface area contributed by atoms with Crippen molar-refractivity contribution in [3.63, 3.8) is 0 Å². The molecule has 1 N–H and O–H groups in total. The summed E-state index contributed by atoms with van der Waals surface area (Å²) in [5.74, 6) is -1.22. The van der Waals surface area contributed by atoms with Crippen LogP contribution in [0.3, 0.4) is 0 Å². The lowest BCUT2D eigenvalue weighted by atomic mass is 10.1. The third kappa shape index (κ3) is 3.47. The van der Waals surface area contributed by atoms with Gasteiger partial charge in [-0.25, -0.2) is 4.79 Å². The fraction of sp³-hybridized carbons (Fsp3) is 0.200. The van der Waals surface area contributed by atoms with E-state index >= 15 is 0 Å². The van der Waals surface area contributed by atoms with Gasteiger partial charge in [0.1, 0.15) is 5.58 Å².